The topological polar surface area (TPSA) is 28.7 Å². The number of fused-ring (bicyclic) bond motifs is 1. The van der Waals surface area contributed by atoms with Crippen LogP contribution in [-0.4, -0.2) is 9.97 Å². The third-order valence-corrected chi connectivity index (χ3v) is 2.20. The summed E-state index contributed by atoms with van der Waals surface area (Å²) in [6.07, 6.45) is 0. The third-order valence-electron chi connectivity index (χ3n) is 1.41. The van der Waals surface area contributed by atoms with Crippen LogP contribution in [0.1, 0.15) is 0 Å². The molecule has 56 valence electrons. The zero-order valence-electron chi connectivity index (χ0n) is 5.44. The molecular formula is C7H4ClIN2. The average molecular weight is 278 g/mol. The summed E-state index contributed by atoms with van der Waals surface area (Å²) in [5, 5.41) is 1.62. The Morgan fingerprint density at radius 1 is 1.45 bits per heavy atom. The second-order valence-electron chi connectivity index (χ2n) is 2.19. The highest BCUT2D eigenvalue weighted by molar-refractivity contribution is 14.1. The van der Waals surface area contributed by atoms with Crippen LogP contribution >= 0.6 is 34.2 Å². The van der Waals surface area contributed by atoms with E-state index in [1.807, 2.05) is 12.1 Å². The zero-order chi connectivity index (χ0) is 7.84. The van der Waals surface area contributed by atoms with Crippen LogP contribution in [-0.2, 0) is 0 Å². The second kappa shape index (κ2) is 2.64. The number of aromatic nitrogens is 2. The van der Waals surface area contributed by atoms with Gasteiger partial charge in [-0.1, -0.05) is 11.6 Å². The van der Waals surface area contributed by atoms with E-state index in [0.29, 0.717) is 5.15 Å². The normalized spacial score (nSPS) is 10.7. The van der Waals surface area contributed by atoms with Crippen LogP contribution in [0.4, 0.5) is 0 Å². The van der Waals surface area contributed by atoms with Gasteiger partial charge in [0.25, 0.3) is 0 Å². The minimum atomic E-state index is 0.524. The first-order valence-electron chi connectivity index (χ1n) is 3.06. The van der Waals surface area contributed by atoms with Crippen molar-refractivity contribution in [2.24, 2.45) is 0 Å². The van der Waals surface area contributed by atoms with Gasteiger partial charge in [-0.2, -0.15) is 0 Å². The Kier molecular flexibility index (Phi) is 1.77. The Balaban J connectivity index is 2.82. The van der Waals surface area contributed by atoms with Crippen LogP contribution in [0, 0.1) is 3.70 Å². The number of H-pyrrole nitrogens is 1. The van der Waals surface area contributed by atoms with E-state index in [0.717, 1.165) is 14.7 Å². The van der Waals surface area contributed by atoms with Crippen molar-refractivity contribution in [1.82, 2.24) is 9.97 Å². The van der Waals surface area contributed by atoms with Crippen molar-refractivity contribution < 1.29 is 0 Å². The van der Waals surface area contributed by atoms with Gasteiger partial charge in [0.2, 0.25) is 0 Å². The maximum absolute atomic E-state index is 5.69. The summed E-state index contributed by atoms with van der Waals surface area (Å²) in [5.41, 5.74) is 0.849. The lowest BCUT2D eigenvalue weighted by Crippen LogP contribution is -1.75. The van der Waals surface area contributed by atoms with Crippen molar-refractivity contribution >= 4 is 45.2 Å². The van der Waals surface area contributed by atoms with Crippen LogP contribution in [0.2, 0.25) is 5.15 Å². The lowest BCUT2D eigenvalue weighted by atomic mass is 10.3. The lowest BCUT2D eigenvalue weighted by molar-refractivity contribution is 1.30. The van der Waals surface area contributed by atoms with E-state index >= 15 is 0 Å². The predicted molar refractivity (Wildman–Crippen MR) is 53.8 cm³/mol. The summed E-state index contributed by atoms with van der Waals surface area (Å²) in [4.78, 5) is 7.19. The second-order valence-corrected chi connectivity index (χ2v) is 3.74. The number of nitrogens with zero attached hydrogens (tertiary/aromatic N) is 1. The Morgan fingerprint density at radius 2 is 2.27 bits per heavy atom. The van der Waals surface area contributed by atoms with Crippen LogP contribution in [0.5, 0.6) is 0 Å². The molecule has 0 aromatic carbocycles. The van der Waals surface area contributed by atoms with Crippen LogP contribution in [0.25, 0.3) is 11.0 Å². The molecule has 0 aliphatic carbocycles. The molecule has 0 saturated heterocycles. The SMILES string of the molecule is Clc1ccc2cc(I)[nH]c2n1. The van der Waals surface area contributed by atoms with Gasteiger partial charge >= 0.3 is 0 Å². The van der Waals surface area contributed by atoms with Gasteiger partial charge < -0.3 is 4.98 Å². The number of aromatic amines is 1. The van der Waals surface area contributed by atoms with E-state index in [1.54, 1.807) is 6.07 Å². The minimum Gasteiger partial charge on any atom is -0.335 e. The molecule has 0 saturated carbocycles. The van der Waals surface area contributed by atoms with Gasteiger partial charge in [0.05, 0.1) is 3.70 Å². The fourth-order valence-corrected chi connectivity index (χ4v) is 1.69. The molecule has 2 aromatic heterocycles. The average Bonchev–Trinajstić information content (AvgIpc) is 2.27. The quantitative estimate of drug-likeness (QED) is 0.582. The molecule has 0 aliphatic heterocycles. The molecule has 0 unspecified atom stereocenters. The first-order valence-corrected chi connectivity index (χ1v) is 4.52. The summed E-state index contributed by atoms with van der Waals surface area (Å²) in [7, 11) is 0. The van der Waals surface area contributed by atoms with Crippen molar-refractivity contribution in [3.05, 3.63) is 27.1 Å². The first-order chi connectivity index (χ1) is 5.25. The highest BCUT2D eigenvalue weighted by atomic mass is 127. The van der Waals surface area contributed by atoms with Gasteiger partial charge in [0.15, 0.2) is 0 Å². The van der Waals surface area contributed by atoms with Crippen LogP contribution in [0.3, 0.4) is 0 Å². The summed E-state index contributed by atoms with van der Waals surface area (Å²) in [6, 6.07) is 5.76. The fourth-order valence-electron chi connectivity index (χ4n) is 0.948. The highest BCUT2D eigenvalue weighted by Crippen LogP contribution is 2.16. The Morgan fingerprint density at radius 3 is 3.09 bits per heavy atom. The Labute approximate surface area is 82.1 Å². The molecule has 0 fully saturated rings. The van der Waals surface area contributed by atoms with Gasteiger partial charge in [-0.05, 0) is 40.8 Å². The summed E-state index contributed by atoms with van der Waals surface area (Å²) < 4.78 is 1.08. The van der Waals surface area contributed by atoms with Gasteiger partial charge in [-0.3, -0.25) is 0 Å². The summed E-state index contributed by atoms with van der Waals surface area (Å²) >= 11 is 7.90. The number of hydrogen-bond donors (Lipinski definition) is 1. The fraction of sp³-hybridized carbons (Fsp3) is 0. The minimum absolute atomic E-state index is 0.524. The third kappa shape index (κ3) is 1.35. The Hall–Kier alpha value is -0.290. The van der Waals surface area contributed by atoms with Gasteiger partial charge in [-0.25, -0.2) is 4.98 Å². The molecule has 2 aromatic rings. The van der Waals surface area contributed by atoms with Crippen molar-refractivity contribution in [2.75, 3.05) is 0 Å². The van der Waals surface area contributed by atoms with E-state index in [4.69, 9.17) is 11.6 Å². The number of hydrogen-bond acceptors (Lipinski definition) is 1. The van der Waals surface area contributed by atoms with Crippen molar-refractivity contribution in [3.63, 3.8) is 0 Å². The smallest absolute Gasteiger partial charge is 0.139 e. The number of nitrogens with one attached hydrogen (secondary N) is 1. The zero-order valence-corrected chi connectivity index (χ0v) is 8.35. The summed E-state index contributed by atoms with van der Waals surface area (Å²) in [5.74, 6) is 0. The maximum atomic E-state index is 5.69. The van der Waals surface area contributed by atoms with Crippen molar-refractivity contribution in [1.29, 1.82) is 0 Å². The molecule has 0 atom stereocenters. The molecule has 0 radical (unpaired) electrons. The number of halogens is 2. The molecular weight excluding hydrogens is 274 g/mol. The molecule has 2 nitrogen and oxygen atoms in total. The molecule has 1 N–H and O–H groups in total. The van der Waals surface area contributed by atoms with Gasteiger partial charge in [0, 0.05) is 5.39 Å². The van der Waals surface area contributed by atoms with Crippen molar-refractivity contribution in [3.8, 4) is 0 Å². The Bertz CT molecular complexity index is 396. The molecule has 2 rings (SSSR count). The van der Waals surface area contributed by atoms with E-state index in [-0.39, 0.29) is 0 Å². The first kappa shape index (κ1) is 7.36. The van der Waals surface area contributed by atoms with Gasteiger partial charge in [0.1, 0.15) is 10.8 Å². The molecule has 11 heavy (non-hydrogen) atoms. The van der Waals surface area contributed by atoms with Gasteiger partial charge in [-0.15, -0.1) is 0 Å². The molecule has 2 heterocycles. The standard InChI is InChI=1S/C7H4ClIN2/c8-5-2-1-4-3-6(9)11-7(4)10-5/h1-3H,(H,10,11). The predicted octanol–water partition coefficient (Wildman–Crippen LogP) is 2.82. The molecule has 0 amide bonds. The summed E-state index contributed by atoms with van der Waals surface area (Å²) in [6.45, 7) is 0. The molecule has 0 bridgehead atoms. The molecule has 4 heteroatoms. The van der Waals surface area contributed by atoms with E-state index in [1.165, 1.54) is 0 Å². The number of pyridine rings is 1. The van der Waals surface area contributed by atoms with Crippen LogP contribution in [0.15, 0.2) is 18.2 Å². The van der Waals surface area contributed by atoms with Crippen molar-refractivity contribution in [2.45, 2.75) is 0 Å². The maximum Gasteiger partial charge on any atom is 0.139 e. The lowest BCUT2D eigenvalue weighted by Gasteiger charge is -1.87. The molecule has 0 aliphatic rings. The largest absolute Gasteiger partial charge is 0.335 e. The highest BCUT2D eigenvalue weighted by Gasteiger charge is 1.98. The van der Waals surface area contributed by atoms with Crippen LogP contribution < -0.4 is 0 Å². The molecule has 0 spiro atoms. The van der Waals surface area contributed by atoms with E-state index < -0.39 is 0 Å². The monoisotopic (exact) mass is 278 g/mol. The number of rotatable bonds is 0. The van der Waals surface area contributed by atoms with E-state index in [2.05, 4.69) is 32.6 Å². The van der Waals surface area contributed by atoms with E-state index in [9.17, 15) is 0 Å².